The fourth-order valence-corrected chi connectivity index (χ4v) is 4.18. The first-order chi connectivity index (χ1) is 13.4. The van der Waals surface area contributed by atoms with Crippen molar-refractivity contribution < 1.29 is 22.7 Å². The number of methoxy groups -OCH3 is 1. The van der Waals surface area contributed by atoms with Gasteiger partial charge in [-0.1, -0.05) is 18.6 Å². The average molecular weight is 398 g/mol. The highest BCUT2D eigenvalue weighted by atomic mass is 19.3. The third-order valence-electron chi connectivity index (χ3n) is 5.93. The number of hydrogen-bond donors (Lipinski definition) is 0. The summed E-state index contributed by atoms with van der Waals surface area (Å²) in [5, 5.41) is 0. The van der Waals surface area contributed by atoms with Crippen LogP contribution in [0.3, 0.4) is 0 Å². The van der Waals surface area contributed by atoms with Crippen LogP contribution in [0.15, 0.2) is 35.1 Å². The molecule has 0 saturated carbocycles. The largest absolute Gasteiger partial charge is 0.501 e. The molecule has 2 aliphatic heterocycles. The highest BCUT2D eigenvalue weighted by molar-refractivity contribution is 5.82. The molecule has 1 aliphatic carbocycles. The Morgan fingerprint density at radius 3 is 2.68 bits per heavy atom. The topological polar surface area (TPSA) is 32.8 Å². The number of allylic oxidation sites excluding steroid dienone is 5. The van der Waals surface area contributed by atoms with Gasteiger partial charge in [0.05, 0.1) is 18.9 Å². The van der Waals surface area contributed by atoms with Gasteiger partial charge in [-0.3, -0.25) is 9.69 Å². The first-order valence-electron chi connectivity index (χ1n) is 10.0. The molecule has 0 aromatic rings. The number of alkyl halides is 3. The minimum absolute atomic E-state index is 0.0655. The summed E-state index contributed by atoms with van der Waals surface area (Å²) >= 11 is 0. The Kier molecular flexibility index (Phi) is 6.86. The summed E-state index contributed by atoms with van der Waals surface area (Å²) < 4.78 is 45.8. The predicted molar refractivity (Wildman–Crippen MR) is 102 cm³/mol. The second-order valence-corrected chi connectivity index (χ2v) is 7.80. The molecule has 7 heteroatoms. The van der Waals surface area contributed by atoms with Gasteiger partial charge in [0.15, 0.2) is 0 Å². The molecule has 3 rings (SSSR count). The number of rotatable bonds is 5. The van der Waals surface area contributed by atoms with Gasteiger partial charge in [-0.05, 0) is 36.6 Å². The molecular weight excluding hydrogens is 369 g/mol. The van der Waals surface area contributed by atoms with E-state index in [4.69, 9.17) is 4.74 Å². The lowest BCUT2D eigenvalue weighted by atomic mass is 9.96. The van der Waals surface area contributed by atoms with Crippen molar-refractivity contribution >= 4 is 5.91 Å². The Hall–Kier alpha value is -1.76. The van der Waals surface area contributed by atoms with Crippen LogP contribution in [-0.2, 0) is 9.53 Å². The summed E-state index contributed by atoms with van der Waals surface area (Å²) in [5.41, 5.74) is 1.53. The van der Waals surface area contributed by atoms with Gasteiger partial charge in [0.1, 0.15) is 6.67 Å². The molecule has 0 bridgehead atoms. The Morgan fingerprint density at radius 2 is 2.00 bits per heavy atom. The number of piperidine rings is 2. The van der Waals surface area contributed by atoms with Gasteiger partial charge in [0.25, 0.3) is 5.92 Å². The maximum atomic E-state index is 13.6. The van der Waals surface area contributed by atoms with Gasteiger partial charge >= 0.3 is 0 Å². The van der Waals surface area contributed by atoms with E-state index in [1.54, 1.807) is 24.2 Å². The molecule has 3 aliphatic rings. The zero-order valence-electron chi connectivity index (χ0n) is 16.4. The van der Waals surface area contributed by atoms with E-state index < -0.39 is 12.6 Å². The van der Waals surface area contributed by atoms with Gasteiger partial charge in [-0.2, -0.15) is 0 Å². The fraction of sp³-hybridized carbons (Fsp3) is 0.667. The number of nitrogens with zero attached hydrogens (tertiary/aromatic N) is 2. The molecule has 0 radical (unpaired) electrons. The Morgan fingerprint density at radius 1 is 1.25 bits per heavy atom. The quantitative estimate of drug-likeness (QED) is 0.705. The van der Waals surface area contributed by atoms with Crippen LogP contribution in [0.25, 0.3) is 0 Å². The fourth-order valence-electron chi connectivity index (χ4n) is 4.18. The van der Waals surface area contributed by atoms with Crippen LogP contribution < -0.4 is 0 Å². The maximum absolute atomic E-state index is 13.6. The highest BCUT2D eigenvalue weighted by Gasteiger charge is 2.39. The van der Waals surface area contributed by atoms with Crippen LogP contribution in [-0.4, -0.2) is 67.6 Å². The Balaban J connectivity index is 1.72. The second kappa shape index (κ2) is 9.16. The molecule has 1 unspecified atom stereocenters. The molecule has 2 saturated heterocycles. The number of amides is 1. The molecule has 4 nitrogen and oxygen atoms in total. The third kappa shape index (κ3) is 4.99. The van der Waals surface area contributed by atoms with E-state index >= 15 is 0 Å². The van der Waals surface area contributed by atoms with E-state index in [0.29, 0.717) is 25.0 Å². The van der Waals surface area contributed by atoms with Crippen molar-refractivity contribution in [3.63, 3.8) is 0 Å². The summed E-state index contributed by atoms with van der Waals surface area (Å²) in [6.45, 7) is 0.885. The molecule has 2 heterocycles. The van der Waals surface area contributed by atoms with Crippen molar-refractivity contribution in [3.8, 4) is 0 Å². The summed E-state index contributed by atoms with van der Waals surface area (Å²) in [6, 6.07) is -0.323. The molecule has 28 heavy (non-hydrogen) atoms. The van der Waals surface area contributed by atoms with E-state index in [0.717, 1.165) is 30.7 Å². The van der Waals surface area contributed by atoms with Gasteiger partial charge in [-0.25, -0.2) is 13.2 Å². The summed E-state index contributed by atoms with van der Waals surface area (Å²) in [6.07, 6.45) is 7.98. The van der Waals surface area contributed by atoms with E-state index in [-0.39, 0.29) is 37.9 Å². The lowest BCUT2D eigenvalue weighted by Gasteiger charge is -2.40. The van der Waals surface area contributed by atoms with Crippen LogP contribution in [0, 0.1) is 0 Å². The van der Waals surface area contributed by atoms with Crippen LogP contribution in [0.2, 0.25) is 0 Å². The van der Waals surface area contributed by atoms with Gasteiger partial charge in [0, 0.05) is 38.9 Å². The second-order valence-electron chi connectivity index (χ2n) is 7.80. The van der Waals surface area contributed by atoms with E-state index in [1.807, 2.05) is 6.08 Å². The minimum atomic E-state index is -2.67. The van der Waals surface area contributed by atoms with Crippen molar-refractivity contribution in [1.82, 2.24) is 9.80 Å². The van der Waals surface area contributed by atoms with Crippen molar-refractivity contribution in [2.75, 3.05) is 40.0 Å². The zero-order valence-corrected chi connectivity index (χ0v) is 16.4. The molecule has 1 atom stereocenters. The SMILES string of the molecule is COC1=CC=CC(CF)=C(CN2CCCCC2C(=O)N2CCC(F)(F)CC2)C1. The van der Waals surface area contributed by atoms with Gasteiger partial charge < -0.3 is 9.64 Å². The van der Waals surface area contributed by atoms with E-state index in [2.05, 4.69) is 4.90 Å². The van der Waals surface area contributed by atoms with Gasteiger partial charge in [0.2, 0.25) is 5.91 Å². The van der Waals surface area contributed by atoms with Crippen LogP contribution in [0.4, 0.5) is 13.2 Å². The lowest BCUT2D eigenvalue weighted by Crippen LogP contribution is -2.54. The van der Waals surface area contributed by atoms with Crippen molar-refractivity contribution in [3.05, 3.63) is 35.1 Å². The minimum Gasteiger partial charge on any atom is -0.501 e. The van der Waals surface area contributed by atoms with Crippen LogP contribution in [0.1, 0.15) is 38.5 Å². The van der Waals surface area contributed by atoms with Gasteiger partial charge in [-0.15, -0.1) is 0 Å². The monoisotopic (exact) mass is 398 g/mol. The molecule has 156 valence electrons. The first kappa shape index (κ1) is 21.0. The molecule has 0 N–H and O–H groups in total. The number of carbonyl (C=O) groups is 1. The number of likely N-dealkylation sites (tertiary alicyclic amines) is 2. The zero-order chi connectivity index (χ0) is 20.1. The Labute approximate surface area is 164 Å². The summed E-state index contributed by atoms with van der Waals surface area (Å²) in [4.78, 5) is 16.7. The number of hydrogen-bond acceptors (Lipinski definition) is 3. The molecule has 0 spiro atoms. The molecule has 0 aromatic carbocycles. The molecule has 2 fully saturated rings. The van der Waals surface area contributed by atoms with Crippen molar-refractivity contribution in [2.24, 2.45) is 0 Å². The lowest BCUT2D eigenvalue weighted by molar-refractivity contribution is -0.144. The molecular formula is C21H29F3N2O2. The Bertz CT molecular complexity index is 663. The van der Waals surface area contributed by atoms with Crippen molar-refractivity contribution in [2.45, 2.75) is 50.5 Å². The number of halogens is 3. The van der Waals surface area contributed by atoms with Crippen LogP contribution in [0.5, 0.6) is 0 Å². The highest BCUT2D eigenvalue weighted by Crippen LogP contribution is 2.30. The molecule has 0 aromatic heterocycles. The number of carbonyl (C=O) groups excluding carboxylic acids is 1. The molecule has 1 amide bonds. The van der Waals surface area contributed by atoms with E-state index in [9.17, 15) is 18.0 Å². The third-order valence-corrected chi connectivity index (χ3v) is 5.93. The summed E-state index contributed by atoms with van der Waals surface area (Å²) in [7, 11) is 1.59. The summed E-state index contributed by atoms with van der Waals surface area (Å²) in [5.74, 6) is -1.98. The first-order valence-corrected chi connectivity index (χ1v) is 10.0. The maximum Gasteiger partial charge on any atom is 0.251 e. The van der Waals surface area contributed by atoms with Crippen LogP contribution >= 0.6 is 0 Å². The average Bonchev–Trinajstić information content (AvgIpc) is 2.89. The smallest absolute Gasteiger partial charge is 0.251 e. The standard InChI is InChI=1S/C21H29F3N2O2/c1-28-18-6-4-5-16(14-22)17(13-18)15-26-10-3-2-7-19(26)20(27)25-11-8-21(23,24)9-12-25/h4-6,19H,2-3,7-15H2,1H3. The number of ether oxygens (including phenoxy) is 1. The van der Waals surface area contributed by atoms with Crippen molar-refractivity contribution in [1.29, 1.82) is 0 Å². The predicted octanol–water partition coefficient (Wildman–Crippen LogP) is 3.85. The van der Waals surface area contributed by atoms with E-state index in [1.165, 1.54) is 0 Å². The normalized spacial score (nSPS) is 26.1.